The van der Waals surface area contributed by atoms with E-state index < -0.39 is 36.6 Å². The molecular formula is C13H19F3N2O3. The first-order valence-electron chi connectivity index (χ1n) is 6.94. The fraction of sp³-hybridized carbons (Fsp3) is 0.846. The van der Waals surface area contributed by atoms with Crippen molar-refractivity contribution in [1.29, 1.82) is 0 Å². The van der Waals surface area contributed by atoms with Crippen LogP contribution in [0.25, 0.3) is 0 Å². The van der Waals surface area contributed by atoms with Crippen LogP contribution < -0.4 is 0 Å². The Morgan fingerprint density at radius 3 is 2.29 bits per heavy atom. The van der Waals surface area contributed by atoms with E-state index in [0.717, 1.165) is 11.3 Å². The van der Waals surface area contributed by atoms with E-state index in [-0.39, 0.29) is 12.6 Å². The van der Waals surface area contributed by atoms with Crippen LogP contribution in [-0.4, -0.2) is 58.8 Å². The highest BCUT2D eigenvalue weighted by molar-refractivity contribution is 5.80. The summed E-state index contributed by atoms with van der Waals surface area (Å²) in [5.74, 6) is -1.61. The van der Waals surface area contributed by atoms with Crippen LogP contribution in [0.5, 0.6) is 0 Å². The third kappa shape index (κ3) is 2.55. The van der Waals surface area contributed by atoms with Crippen LogP contribution in [0.2, 0.25) is 0 Å². The van der Waals surface area contributed by atoms with Crippen LogP contribution in [0.4, 0.5) is 18.0 Å². The van der Waals surface area contributed by atoms with E-state index >= 15 is 0 Å². The molecule has 3 atom stereocenters. The van der Waals surface area contributed by atoms with E-state index in [2.05, 4.69) is 0 Å². The maximum atomic E-state index is 13.1. The van der Waals surface area contributed by atoms with Crippen molar-refractivity contribution >= 4 is 12.0 Å². The number of rotatable bonds is 1. The van der Waals surface area contributed by atoms with Crippen molar-refractivity contribution in [3.8, 4) is 0 Å². The molecule has 3 unspecified atom stereocenters. The van der Waals surface area contributed by atoms with Gasteiger partial charge in [-0.05, 0) is 25.7 Å². The molecular weight excluding hydrogens is 289 g/mol. The number of likely N-dealkylation sites (tertiary alicyclic amines) is 2. The van der Waals surface area contributed by atoms with Gasteiger partial charge in [0.25, 0.3) is 0 Å². The molecule has 8 heteroatoms. The third-order valence-electron chi connectivity index (χ3n) is 4.52. The fourth-order valence-electron chi connectivity index (χ4n) is 3.25. The van der Waals surface area contributed by atoms with Crippen molar-refractivity contribution in [3.05, 3.63) is 0 Å². The van der Waals surface area contributed by atoms with Gasteiger partial charge in [-0.2, -0.15) is 13.2 Å². The molecule has 0 saturated carbocycles. The lowest BCUT2D eigenvalue weighted by atomic mass is 9.86. The minimum absolute atomic E-state index is 0.0294. The molecule has 2 aliphatic rings. The molecule has 2 saturated heterocycles. The van der Waals surface area contributed by atoms with Gasteiger partial charge in [0.1, 0.15) is 0 Å². The van der Waals surface area contributed by atoms with Gasteiger partial charge in [0.15, 0.2) is 5.41 Å². The molecule has 2 fully saturated rings. The molecule has 0 aromatic carbocycles. The summed E-state index contributed by atoms with van der Waals surface area (Å²) in [6, 6.07) is -0.516. The van der Waals surface area contributed by atoms with Crippen LogP contribution in [-0.2, 0) is 4.79 Å². The minimum Gasteiger partial charge on any atom is -0.481 e. The van der Waals surface area contributed by atoms with Gasteiger partial charge in [0.2, 0.25) is 0 Å². The molecule has 0 aromatic rings. The van der Waals surface area contributed by atoms with Crippen LogP contribution in [0.15, 0.2) is 0 Å². The average molecular weight is 308 g/mol. The molecule has 0 bridgehead atoms. The van der Waals surface area contributed by atoms with Gasteiger partial charge in [-0.3, -0.25) is 4.79 Å². The average Bonchev–Trinajstić information content (AvgIpc) is 2.92. The normalized spacial score (nSPS) is 33.6. The second-order valence-electron chi connectivity index (χ2n) is 6.18. The Balaban J connectivity index is 2.15. The SMILES string of the molecule is CC1CC(C)N(C(=O)N2CCC(C(=O)O)(C(F)(F)F)C2)C1. The van der Waals surface area contributed by atoms with E-state index in [9.17, 15) is 22.8 Å². The van der Waals surface area contributed by atoms with Gasteiger partial charge in [-0.1, -0.05) is 6.92 Å². The van der Waals surface area contributed by atoms with Crippen molar-refractivity contribution in [2.75, 3.05) is 19.6 Å². The van der Waals surface area contributed by atoms with E-state index in [1.54, 1.807) is 4.90 Å². The molecule has 0 aromatic heterocycles. The van der Waals surface area contributed by atoms with Crippen LogP contribution in [0.1, 0.15) is 26.7 Å². The third-order valence-corrected chi connectivity index (χ3v) is 4.52. The maximum absolute atomic E-state index is 13.1. The van der Waals surface area contributed by atoms with E-state index in [4.69, 9.17) is 5.11 Å². The van der Waals surface area contributed by atoms with Crippen LogP contribution in [0.3, 0.4) is 0 Å². The van der Waals surface area contributed by atoms with E-state index in [1.807, 2.05) is 13.8 Å². The molecule has 0 aliphatic carbocycles. The van der Waals surface area contributed by atoms with Crippen LogP contribution in [0, 0.1) is 11.3 Å². The van der Waals surface area contributed by atoms with Gasteiger partial charge in [0, 0.05) is 25.7 Å². The molecule has 1 N–H and O–H groups in total. The first-order chi connectivity index (χ1) is 9.58. The van der Waals surface area contributed by atoms with Crippen molar-refractivity contribution in [3.63, 3.8) is 0 Å². The number of aliphatic carboxylic acids is 1. The summed E-state index contributed by atoms with van der Waals surface area (Å²) in [5.41, 5.74) is -2.84. The Hall–Kier alpha value is -1.47. The summed E-state index contributed by atoms with van der Waals surface area (Å²) in [6.07, 6.45) is -4.64. The summed E-state index contributed by atoms with van der Waals surface area (Å²) in [6.45, 7) is 3.35. The van der Waals surface area contributed by atoms with Crippen molar-refractivity contribution in [2.45, 2.75) is 38.9 Å². The topological polar surface area (TPSA) is 60.9 Å². The lowest BCUT2D eigenvalue weighted by molar-refractivity contribution is -0.227. The zero-order valence-corrected chi connectivity index (χ0v) is 12.0. The number of amides is 2. The molecule has 0 radical (unpaired) electrons. The Kier molecular flexibility index (Phi) is 3.84. The smallest absolute Gasteiger partial charge is 0.406 e. The Morgan fingerprint density at radius 1 is 1.29 bits per heavy atom. The number of hydrogen-bond donors (Lipinski definition) is 1. The van der Waals surface area contributed by atoms with Crippen molar-refractivity contribution in [2.24, 2.45) is 11.3 Å². The molecule has 21 heavy (non-hydrogen) atoms. The summed E-state index contributed by atoms with van der Waals surface area (Å²) < 4.78 is 39.3. The number of carboxylic acids is 1. The number of urea groups is 1. The van der Waals surface area contributed by atoms with Crippen LogP contribution >= 0.6 is 0 Å². The lowest BCUT2D eigenvalue weighted by Gasteiger charge is -2.30. The Morgan fingerprint density at radius 2 is 1.90 bits per heavy atom. The Bertz CT molecular complexity index is 454. The highest BCUT2D eigenvalue weighted by Gasteiger charge is 2.64. The number of carbonyl (C=O) groups excluding carboxylic acids is 1. The summed E-state index contributed by atoms with van der Waals surface area (Å²) >= 11 is 0. The van der Waals surface area contributed by atoms with Crippen molar-refractivity contribution in [1.82, 2.24) is 9.80 Å². The van der Waals surface area contributed by atoms with Gasteiger partial charge in [0.05, 0.1) is 0 Å². The molecule has 120 valence electrons. The zero-order valence-electron chi connectivity index (χ0n) is 12.0. The number of alkyl halides is 3. The molecule has 2 heterocycles. The fourth-order valence-corrected chi connectivity index (χ4v) is 3.25. The predicted octanol–water partition coefficient (Wildman–Crippen LogP) is 2.18. The maximum Gasteiger partial charge on any atom is 0.406 e. The molecule has 2 amide bonds. The highest BCUT2D eigenvalue weighted by atomic mass is 19.4. The highest BCUT2D eigenvalue weighted by Crippen LogP contribution is 2.46. The number of halogens is 3. The van der Waals surface area contributed by atoms with Gasteiger partial charge in [-0.25, -0.2) is 4.79 Å². The first-order valence-corrected chi connectivity index (χ1v) is 6.94. The van der Waals surface area contributed by atoms with Gasteiger partial charge in [-0.15, -0.1) is 0 Å². The summed E-state index contributed by atoms with van der Waals surface area (Å²) in [4.78, 5) is 26.0. The van der Waals surface area contributed by atoms with Gasteiger partial charge >= 0.3 is 18.2 Å². The predicted molar refractivity (Wildman–Crippen MR) is 67.7 cm³/mol. The monoisotopic (exact) mass is 308 g/mol. The summed E-state index contributed by atoms with van der Waals surface area (Å²) in [5, 5.41) is 8.99. The quantitative estimate of drug-likeness (QED) is 0.807. The second-order valence-corrected chi connectivity index (χ2v) is 6.18. The van der Waals surface area contributed by atoms with Crippen molar-refractivity contribution < 1.29 is 27.9 Å². The Labute approximate surface area is 120 Å². The van der Waals surface area contributed by atoms with E-state index in [1.165, 1.54) is 0 Å². The minimum atomic E-state index is -4.86. The standard InChI is InChI=1S/C13H19F3N2O3/c1-8-5-9(2)18(6-8)11(21)17-4-3-12(7-17,10(19)20)13(14,15)16/h8-9H,3-7H2,1-2H3,(H,19,20). The molecule has 2 aliphatic heterocycles. The zero-order chi connectivity index (χ0) is 16.0. The molecule has 5 nitrogen and oxygen atoms in total. The first kappa shape index (κ1) is 15.9. The number of nitrogens with zero attached hydrogens (tertiary/aromatic N) is 2. The number of carbonyl (C=O) groups is 2. The van der Waals surface area contributed by atoms with E-state index in [0.29, 0.717) is 12.5 Å². The lowest BCUT2D eigenvalue weighted by Crippen LogP contribution is -2.50. The number of carboxylic acid groups (broad SMARTS) is 1. The second kappa shape index (κ2) is 5.06. The van der Waals surface area contributed by atoms with Gasteiger partial charge < -0.3 is 14.9 Å². The summed E-state index contributed by atoms with van der Waals surface area (Å²) in [7, 11) is 0. The molecule has 2 rings (SSSR count). The largest absolute Gasteiger partial charge is 0.481 e. The molecule has 0 spiro atoms. The number of hydrogen-bond acceptors (Lipinski definition) is 2.